The first kappa shape index (κ1) is 10.8. The lowest BCUT2D eigenvalue weighted by molar-refractivity contribution is 0.859. The Morgan fingerprint density at radius 1 is 0.938 bits per heavy atom. The summed E-state index contributed by atoms with van der Waals surface area (Å²) in [6.07, 6.45) is 3.65. The second kappa shape index (κ2) is 4.44. The van der Waals surface area contributed by atoms with Gasteiger partial charge < -0.3 is 0 Å². The van der Waals surface area contributed by atoms with E-state index in [2.05, 4.69) is 42.9 Å². The van der Waals surface area contributed by atoms with Gasteiger partial charge in [-0.1, -0.05) is 26.0 Å². The number of pyridine rings is 2. The summed E-state index contributed by atoms with van der Waals surface area (Å²) in [5.74, 6) is 0.463. The molecule has 2 nitrogen and oxygen atoms in total. The summed E-state index contributed by atoms with van der Waals surface area (Å²) >= 11 is 0. The standard InChI is InChI=1S/C14H16N2/c1-10(2)12-7-5-9-16-14(12)13-11(3)6-4-8-15-13/h4-10H,1-3H3. The van der Waals surface area contributed by atoms with Gasteiger partial charge in [0.25, 0.3) is 0 Å². The Morgan fingerprint density at radius 2 is 1.56 bits per heavy atom. The Balaban J connectivity index is 2.60. The zero-order chi connectivity index (χ0) is 11.5. The third-order valence-electron chi connectivity index (χ3n) is 2.69. The molecule has 2 heterocycles. The summed E-state index contributed by atoms with van der Waals surface area (Å²) in [7, 11) is 0. The van der Waals surface area contributed by atoms with E-state index in [1.54, 1.807) is 0 Å². The molecular weight excluding hydrogens is 196 g/mol. The smallest absolute Gasteiger partial charge is 0.0923 e. The number of hydrogen-bond acceptors (Lipinski definition) is 2. The molecule has 0 aromatic carbocycles. The van der Waals surface area contributed by atoms with E-state index >= 15 is 0 Å². The van der Waals surface area contributed by atoms with Gasteiger partial charge in [0.15, 0.2) is 0 Å². The first-order valence-corrected chi connectivity index (χ1v) is 5.57. The van der Waals surface area contributed by atoms with Crippen molar-refractivity contribution >= 4 is 0 Å². The van der Waals surface area contributed by atoms with Crippen LogP contribution in [0.15, 0.2) is 36.7 Å². The molecule has 2 heteroatoms. The molecule has 0 atom stereocenters. The number of rotatable bonds is 2. The van der Waals surface area contributed by atoms with E-state index in [1.165, 1.54) is 11.1 Å². The lowest BCUT2D eigenvalue weighted by Crippen LogP contribution is -1.98. The minimum Gasteiger partial charge on any atom is -0.254 e. The molecular formula is C14H16N2. The van der Waals surface area contributed by atoms with Gasteiger partial charge in [0.1, 0.15) is 0 Å². The van der Waals surface area contributed by atoms with Crippen LogP contribution in [0.1, 0.15) is 30.9 Å². The fourth-order valence-corrected chi connectivity index (χ4v) is 1.82. The summed E-state index contributed by atoms with van der Waals surface area (Å²) in [4.78, 5) is 8.90. The predicted octanol–water partition coefficient (Wildman–Crippen LogP) is 3.58. The van der Waals surface area contributed by atoms with Gasteiger partial charge in [0.05, 0.1) is 11.4 Å². The lowest BCUT2D eigenvalue weighted by Gasteiger charge is -2.12. The Kier molecular flexibility index (Phi) is 3.00. The van der Waals surface area contributed by atoms with Crippen LogP contribution >= 0.6 is 0 Å². The fourth-order valence-electron chi connectivity index (χ4n) is 1.82. The fraction of sp³-hybridized carbons (Fsp3) is 0.286. The van der Waals surface area contributed by atoms with Gasteiger partial charge in [-0.05, 0) is 36.1 Å². The van der Waals surface area contributed by atoms with Gasteiger partial charge in [-0.3, -0.25) is 9.97 Å². The van der Waals surface area contributed by atoms with E-state index in [1.807, 2.05) is 24.5 Å². The van der Waals surface area contributed by atoms with Crippen molar-refractivity contribution in [3.05, 3.63) is 47.8 Å². The second-order valence-corrected chi connectivity index (χ2v) is 4.26. The highest BCUT2D eigenvalue weighted by Gasteiger charge is 2.11. The van der Waals surface area contributed by atoms with Crippen molar-refractivity contribution in [2.45, 2.75) is 26.7 Å². The molecule has 0 aliphatic carbocycles. The van der Waals surface area contributed by atoms with Crippen molar-refractivity contribution in [2.75, 3.05) is 0 Å². The van der Waals surface area contributed by atoms with Crippen LogP contribution in [-0.4, -0.2) is 9.97 Å². The molecule has 0 spiro atoms. The van der Waals surface area contributed by atoms with Gasteiger partial charge in [0.2, 0.25) is 0 Å². The Labute approximate surface area is 96.4 Å². The van der Waals surface area contributed by atoms with E-state index < -0.39 is 0 Å². The van der Waals surface area contributed by atoms with E-state index in [0.717, 1.165) is 11.4 Å². The van der Waals surface area contributed by atoms with Gasteiger partial charge in [-0.25, -0.2) is 0 Å². The Bertz CT molecular complexity index is 490. The maximum atomic E-state index is 4.47. The molecule has 0 radical (unpaired) electrons. The molecule has 2 rings (SSSR count). The van der Waals surface area contributed by atoms with Gasteiger partial charge in [-0.15, -0.1) is 0 Å². The van der Waals surface area contributed by atoms with Crippen LogP contribution in [0.5, 0.6) is 0 Å². The summed E-state index contributed by atoms with van der Waals surface area (Å²) in [5.41, 5.74) is 4.43. The van der Waals surface area contributed by atoms with Crippen LogP contribution in [0.2, 0.25) is 0 Å². The summed E-state index contributed by atoms with van der Waals surface area (Å²) in [5, 5.41) is 0. The van der Waals surface area contributed by atoms with Crippen molar-refractivity contribution in [3.63, 3.8) is 0 Å². The Morgan fingerprint density at radius 3 is 2.19 bits per heavy atom. The average molecular weight is 212 g/mol. The highest BCUT2D eigenvalue weighted by Crippen LogP contribution is 2.27. The topological polar surface area (TPSA) is 25.8 Å². The molecule has 2 aromatic rings. The first-order valence-electron chi connectivity index (χ1n) is 5.57. The summed E-state index contributed by atoms with van der Waals surface area (Å²) in [6, 6.07) is 8.14. The SMILES string of the molecule is Cc1cccnc1-c1ncccc1C(C)C. The zero-order valence-electron chi connectivity index (χ0n) is 9.94. The second-order valence-electron chi connectivity index (χ2n) is 4.26. The van der Waals surface area contributed by atoms with Crippen LogP contribution in [0.25, 0.3) is 11.4 Å². The number of hydrogen-bond donors (Lipinski definition) is 0. The molecule has 0 bridgehead atoms. The van der Waals surface area contributed by atoms with E-state index in [0.29, 0.717) is 5.92 Å². The molecule has 0 aliphatic rings. The van der Waals surface area contributed by atoms with E-state index in [-0.39, 0.29) is 0 Å². The molecule has 82 valence electrons. The van der Waals surface area contributed by atoms with E-state index in [4.69, 9.17) is 0 Å². The third-order valence-corrected chi connectivity index (χ3v) is 2.69. The molecule has 0 saturated heterocycles. The molecule has 0 N–H and O–H groups in total. The predicted molar refractivity (Wildman–Crippen MR) is 66.3 cm³/mol. The Hall–Kier alpha value is -1.70. The molecule has 2 aromatic heterocycles. The van der Waals surface area contributed by atoms with Gasteiger partial charge >= 0.3 is 0 Å². The summed E-state index contributed by atoms with van der Waals surface area (Å²) in [6.45, 7) is 6.43. The molecule has 0 unspecified atom stereocenters. The molecule has 0 aliphatic heterocycles. The lowest BCUT2D eigenvalue weighted by atomic mass is 9.98. The van der Waals surface area contributed by atoms with Crippen molar-refractivity contribution in [3.8, 4) is 11.4 Å². The number of aryl methyl sites for hydroxylation is 1. The highest BCUT2D eigenvalue weighted by atomic mass is 14.8. The van der Waals surface area contributed by atoms with Crippen LogP contribution in [0.4, 0.5) is 0 Å². The summed E-state index contributed by atoms with van der Waals surface area (Å²) < 4.78 is 0. The quantitative estimate of drug-likeness (QED) is 0.760. The van der Waals surface area contributed by atoms with Gasteiger partial charge in [-0.2, -0.15) is 0 Å². The van der Waals surface area contributed by atoms with Crippen LogP contribution in [0.3, 0.4) is 0 Å². The number of aromatic nitrogens is 2. The van der Waals surface area contributed by atoms with Crippen LogP contribution < -0.4 is 0 Å². The largest absolute Gasteiger partial charge is 0.254 e. The molecule has 0 amide bonds. The normalized spacial score (nSPS) is 10.8. The van der Waals surface area contributed by atoms with Crippen LogP contribution in [-0.2, 0) is 0 Å². The van der Waals surface area contributed by atoms with Crippen molar-refractivity contribution in [2.24, 2.45) is 0 Å². The minimum atomic E-state index is 0.463. The molecule has 0 fully saturated rings. The van der Waals surface area contributed by atoms with Gasteiger partial charge in [0, 0.05) is 12.4 Å². The molecule has 0 saturated carbocycles. The van der Waals surface area contributed by atoms with Crippen molar-refractivity contribution < 1.29 is 0 Å². The first-order chi connectivity index (χ1) is 7.70. The average Bonchev–Trinajstić information content (AvgIpc) is 2.29. The van der Waals surface area contributed by atoms with Crippen molar-refractivity contribution in [1.82, 2.24) is 9.97 Å². The monoisotopic (exact) mass is 212 g/mol. The van der Waals surface area contributed by atoms with Crippen molar-refractivity contribution in [1.29, 1.82) is 0 Å². The van der Waals surface area contributed by atoms with Crippen LogP contribution in [0, 0.1) is 6.92 Å². The maximum Gasteiger partial charge on any atom is 0.0923 e. The van der Waals surface area contributed by atoms with E-state index in [9.17, 15) is 0 Å². The maximum absolute atomic E-state index is 4.47. The molecule has 16 heavy (non-hydrogen) atoms. The zero-order valence-corrected chi connectivity index (χ0v) is 9.94. The minimum absolute atomic E-state index is 0.463. The highest BCUT2D eigenvalue weighted by molar-refractivity contribution is 5.62. The third kappa shape index (κ3) is 1.96. The number of nitrogens with zero attached hydrogens (tertiary/aromatic N) is 2.